The van der Waals surface area contributed by atoms with Crippen LogP contribution < -0.4 is 4.90 Å². The number of carbonyl (C=O) groups is 2. The Labute approximate surface area is 136 Å². The average Bonchev–Trinajstić information content (AvgIpc) is 2.64. The van der Waals surface area contributed by atoms with E-state index < -0.39 is 11.7 Å². The number of fused-ring (bicyclic) bond motifs is 1. The second kappa shape index (κ2) is 6.85. The van der Waals surface area contributed by atoms with Crippen LogP contribution in [0.3, 0.4) is 0 Å². The van der Waals surface area contributed by atoms with Gasteiger partial charge in [0.15, 0.2) is 0 Å². The summed E-state index contributed by atoms with van der Waals surface area (Å²) in [5.74, 6) is -0.815. The van der Waals surface area contributed by atoms with Crippen molar-refractivity contribution in [2.75, 3.05) is 11.4 Å². The zero-order valence-electron chi connectivity index (χ0n) is 11.4. The number of hydrogen-bond acceptors (Lipinski definition) is 2. The Hall–Kier alpha value is -0.680. The van der Waals surface area contributed by atoms with Crippen molar-refractivity contribution in [3.63, 3.8) is 0 Å². The van der Waals surface area contributed by atoms with Gasteiger partial charge in [0.05, 0.1) is 11.3 Å². The Bertz CT molecular complexity index is 543. The summed E-state index contributed by atoms with van der Waals surface area (Å²) in [7, 11) is 0. The maximum absolute atomic E-state index is 12.1. The third-order valence-corrected chi connectivity index (χ3v) is 4.53. The zero-order chi connectivity index (χ0) is 14.7. The lowest BCUT2D eigenvalue weighted by Gasteiger charge is -2.17. The van der Waals surface area contributed by atoms with E-state index in [9.17, 15) is 9.59 Å². The van der Waals surface area contributed by atoms with Gasteiger partial charge in [0.1, 0.15) is 0 Å². The van der Waals surface area contributed by atoms with E-state index in [0.29, 0.717) is 12.1 Å². The first-order valence-electron chi connectivity index (χ1n) is 6.91. The van der Waals surface area contributed by atoms with Crippen LogP contribution in [0.1, 0.15) is 49.4 Å². The van der Waals surface area contributed by atoms with Gasteiger partial charge in [-0.05, 0) is 34.5 Å². The molecule has 0 aromatic heterocycles. The number of anilines is 1. The largest absolute Gasteiger partial charge is 0.304 e. The Morgan fingerprint density at radius 1 is 1.05 bits per heavy atom. The number of ketones is 1. The maximum atomic E-state index is 12.1. The molecule has 20 heavy (non-hydrogen) atoms. The van der Waals surface area contributed by atoms with E-state index in [1.54, 1.807) is 11.0 Å². The van der Waals surface area contributed by atoms with Crippen LogP contribution in [-0.4, -0.2) is 18.2 Å². The molecule has 0 bridgehead atoms. The number of benzene rings is 1. The Kier molecular flexibility index (Phi) is 5.38. The number of hydrogen-bond donors (Lipinski definition) is 0. The summed E-state index contributed by atoms with van der Waals surface area (Å²) < 4.78 is 1.59. The van der Waals surface area contributed by atoms with Crippen molar-refractivity contribution in [1.29, 1.82) is 0 Å². The number of rotatable bonds is 6. The molecule has 3 nitrogen and oxygen atoms in total. The molecular weight excluding hydrogens is 386 g/mol. The lowest BCUT2D eigenvalue weighted by molar-refractivity contribution is -0.114. The molecule has 0 atom stereocenters. The number of Topliss-reactive ketones (excluding diaryl/α,β-unsaturated/α-hetero) is 1. The molecule has 0 N–H and O–H groups in total. The van der Waals surface area contributed by atoms with Crippen LogP contribution in [0.2, 0.25) is 0 Å². The van der Waals surface area contributed by atoms with Gasteiger partial charge in [0.2, 0.25) is 0 Å². The molecule has 0 radical (unpaired) electrons. The molecule has 0 aliphatic carbocycles. The van der Waals surface area contributed by atoms with E-state index in [-0.39, 0.29) is 0 Å². The van der Waals surface area contributed by atoms with Crippen molar-refractivity contribution in [3.8, 4) is 0 Å². The molecule has 2 rings (SSSR count). The first-order chi connectivity index (χ1) is 9.56. The number of unbranched alkanes of at least 4 members (excludes halogenated alkanes) is 4. The van der Waals surface area contributed by atoms with Crippen molar-refractivity contribution in [3.05, 3.63) is 26.6 Å². The van der Waals surface area contributed by atoms with Crippen molar-refractivity contribution >= 4 is 49.2 Å². The molecule has 0 saturated carbocycles. The van der Waals surface area contributed by atoms with Crippen molar-refractivity contribution < 1.29 is 9.59 Å². The summed E-state index contributed by atoms with van der Waals surface area (Å²) >= 11 is 6.80. The average molecular weight is 403 g/mol. The molecule has 1 heterocycles. The first kappa shape index (κ1) is 15.7. The van der Waals surface area contributed by atoms with Gasteiger partial charge in [-0.1, -0.05) is 48.5 Å². The van der Waals surface area contributed by atoms with E-state index in [2.05, 4.69) is 38.8 Å². The minimum Gasteiger partial charge on any atom is -0.304 e. The molecule has 1 aliphatic rings. The first-order valence-corrected chi connectivity index (χ1v) is 8.50. The Balaban J connectivity index is 2.12. The van der Waals surface area contributed by atoms with Crippen LogP contribution in [0, 0.1) is 0 Å². The third kappa shape index (κ3) is 3.14. The highest BCUT2D eigenvalue weighted by molar-refractivity contribution is 9.11. The topological polar surface area (TPSA) is 37.4 Å². The predicted octanol–water partition coefficient (Wildman–Crippen LogP) is 4.71. The molecule has 108 valence electrons. The van der Waals surface area contributed by atoms with E-state index >= 15 is 0 Å². The lowest BCUT2D eigenvalue weighted by Crippen LogP contribution is -2.30. The third-order valence-electron chi connectivity index (χ3n) is 3.47. The minimum absolute atomic E-state index is 0.407. The van der Waals surface area contributed by atoms with Gasteiger partial charge in [0.25, 0.3) is 11.7 Å². The normalized spacial score (nSPS) is 14.1. The molecule has 1 aliphatic heterocycles. The predicted molar refractivity (Wildman–Crippen MR) is 87.3 cm³/mol. The second-order valence-corrected chi connectivity index (χ2v) is 6.75. The van der Waals surface area contributed by atoms with Gasteiger partial charge in [-0.25, -0.2) is 0 Å². The molecule has 1 aromatic carbocycles. The summed E-state index contributed by atoms with van der Waals surface area (Å²) in [5.41, 5.74) is 1.21. The van der Waals surface area contributed by atoms with E-state index in [1.165, 1.54) is 19.3 Å². The molecule has 0 saturated heterocycles. The molecular formula is C15H17Br2NO2. The molecule has 0 unspecified atom stereocenters. The van der Waals surface area contributed by atoms with Crippen LogP contribution in [0.4, 0.5) is 5.69 Å². The number of amides is 1. The van der Waals surface area contributed by atoms with Gasteiger partial charge < -0.3 is 4.90 Å². The summed E-state index contributed by atoms with van der Waals surface area (Å²) in [6.45, 7) is 2.79. The van der Waals surface area contributed by atoms with Gasteiger partial charge in [-0.15, -0.1) is 0 Å². The summed E-state index contributed by atoms with van der Waals surface area (Å²) in [5, 5.41) is 0. The number of carbonyl (C=O) groups excluding carboxylic acids is 2. The van der Waals surface area contributed by atoms with Gasteiger partial charge in [-0.2, -0.15) is 0 Å². The fourth-order valence-electron chi connectivity index (χ4n) is 2.44. The second-order valence-electron chi connectivity index (χ2n) is 4.98. The van der Waals surface area contributed by atoms with Crippen molar-refractivity contribution in [2.24, 2.45) is 0 Å². The summed E-state index contributed by atoms with van der Waals surface area (Å²) in [6, 6.07) is 3.59. The SMILES string of the molecule is CCCCCCCN1C(=O)C(=O)c2cc(Br)cc(Br)c21. The molecule has 1 aromatic rings. The van der Waals surface area contributed by atoms with Gasteiger partial charge in [0, 0.05) is 15.5 Å². The molecule has 5 heteroatoms. The van der Waals surface area contributed by atoms with Crippen LogP contribution >= 0.6 is 31.9 Å². The minimum atomic E-state index is -0.408. The number of nitrogens with zero attached hydrogens (tertiary/aromatic N) is 1. The molecule has 1 amide bonds. The van der Waals surface area contributed by atoms with Crippen LogP contribution in [0.15, 0.2) is 21.1 Å². The quantitative estimate of drug-likeness (QED) is 0.510. The van der Waals surface area contributed by atoms with E-state index in [4.69, 9.17) is 0 Å². The van der Waals surface area contributed by atoms with Gasteiger partial charge >= 0.3 is 0 Å². The maximum Gasteiger partial charge on any atom is 0.299 e. The van der Waals surface area contributed by atoms with Crippen LogP contribution in [0.25, 0.3) is 0 Å². The fraction of sp³-hybridized carbons (Fsp3) is 0.467. The highest BCUT2D eigenvalue weighted by Gasteiger charge is 2.37. The van der Waals surface area contributed by atoms with Crippen molar-refractivity contribution in [2.45, 2.75) is 39.0 Å². The fourth-order valence-corrected chi connectivity index (χ4v) is 3.88. The highest BCUT2D eigenvalue weighted by Crippen LogP contribution is 2.38. The van der Waals surface area contributed by atoms with Gasteiger partial charge in [-0.3, -0.25) is 9.59 Å². The van der Waals surface area contributed by atoms with Crippen LogP contribution in [-0.2, 0) is 4.79 Å². The standard InChI is InChI=1S/C15H17Br2NO2/c1-2-3-4-5-6-7-18-13-11(14(19)15(18)20)8-10(16)9-12(13)17/h8-9H,2-7H2,1H3. The monoisotopic (exact) mass is 401 g/mol. The lowest BCUT2D eigenvalue weighted by atomic mass is 10.1. The smallest absolute Gasteiger partial charge is 0.299 e. The highest BCUT2D eigenvalue weighted by atomic mass is 79.9. The van der Waals surface area contributed by atoms with Crippen molar-refractivity contribution in [1.82, 2.24) is 0 Å². The zero-order valence-corrected chi connectivity index (χ0v) is 14.6. The Morgan fingerprint density at radius 3 is 2.45 bits per heavy atom. The molecule has 0 spiro atoms. The Morgan fingerprint density at radius 2 is 1.75 bits per heavy atom. The summed E-state index contributed by atoms with van der Waals surface area (Å²) in [6.07, 6.45) is 5.63. The van der Waals surface area contributed by atoms with Crippen LogP contribution in [0.5, 0.6) is 0 Å². The summed E-state index contributed by atoms with van der Waals surface area (Å²) in [4.78, 5) is 25.7. The number of halogens is 2. The molecule has 0 fully saturated rings. The van der Waals surface area contributed by atoms with E-state index in [1.807, 2.05) is 6.07 Å². The van der Waals surface area contributed by atoms with E-state index in [0.717, 1.165) is 27.5 Å².